The van der Waals surface area contributed by atoms with E-state index in [1.54, 1.807) is 54.5 Å². The molecule has 4 rings (SSSR count). The smallest absolute Gasteiger partial charge is 0.272 e. The summed E-state index contributed by atoms with van der Waals surface area (Å²) in [6.45, 7) is 4.13. The first-order chi connectivity index (χ1) is 16.5. The number of H-pyrrole nitrogens is 1. The third-order valence-electron chi connectivity index (χ3n) is 5.78. The standard InChI is InChI=1S/C26H22N6O2/c1-4-34-25-21(18-7-5-6-17(12-18)13-27)10-11-23(30-25)26(33)32(3)16(2)20-9-8-19(14-28)22-15-29-31-24(20)22/h5-12,15-16H,4H2,1-3H3,(H,29,31)/t16-/m0/s1. The van der Waals surface area contributed by atoms with E-state index in [0.29, 0.717) is 34.6 Å². The lowest BCUT2D eigenvalue weighted by atomic mass is 10.0. The zero-order valence-electron chi connectivity index (χ0n) is 19.0. The van der Waals surface area contributed by atoms with Gasteiger partial charge in [-0.05, 0) is 49.7 Å². The van der Waals surface area contributed by atoms with Gasteiger partial charge in [0, 0.05) is 23.6 Å². The summed E-state index contributed by atoms with van der Waals surface area (Å²) in [4.78, 5) is 19.5. The molecule has 2 aromatic heterocycles. The Hall–Kier alpha value is -4.69. The summed E-state index contributed by atoms with van der Waals surface area (Å²) >= 11 is 0. The van der Waals surface area contributed by atoms with E-state index in [2.05, 4.69) is 27.3 Å². The molecular weight excluding hydrogens is 428 g/mol. The Morgan fingerprint density at radius 3 is 2.74 bits per heavy atom. The number of pyridine rings is 1. The van der Waals surface area contributed by atoms with E-state index in [4.69, 9.17) is 4.74 Å². The van der Waals surface area contributed by atoms with E-state index in [1.807, 2.05) is 26.0 Å². The quantitative estimate of drug-likeness (QED) is 0.458. The summed E-state index contributed by atoms with van der Waals surface area (Å²) in [6.07, 6.45) is 1.61. The number of rotatable bonds is 6. The third kappa shape index (κ3) is 4.05. The van der Waals surface area contributed by atoms with E-state index in [0.717, 1.165) is 16.6 Å². The number of nitriles is 2. The number of carbonyl (C=O) groups excluding carboxylic acids is 1. The zero-order valence-corrected chi connectivity index (χ0v) is 19.0. The molecule has 2 heterocycles. The van der Waals surface area contributed by atoms with Crippen molar-refractivity contribution in [1.29, 1.82) is 10.5 Å². The minimum absolute atomic E-state index is 0.243. The van der Waals surface area contributed by atoms with Crippen molar-refractivity contribution >= 4 is 16.8 Å². The van der Waals surface area contributed by atoms with Gasteiger partial charge >= 0.3 is 0 Å². The molecule has 1 atom stereocenters. The van der Waals surface area contributed by atoms with Gasteiger partial charge in [0.2, 0.25) is 5.88 Å². The van der Waals surface area contributed by atoms with E-state index in [1.165, 1.54) is 0 Å². The molecule has 0 radical (unpaired) electrons. The topological polar surface area (TPSA) is 119 Å². The van der Waals surface area contributed by atoms with Crippen LogP contribution in [0, 0.1) is 22.7 Å². The van der Waals surface area contributed by atoms with E-state index in [9.17, 15) is 15.3 Å². The van der Waals surface area contributed by atoms with Gasteiger partial charge in [0.25, 0.3) is 5.91 Å². The molecule has 0 saturated heterocycles. The summed E-state index contributed by atoms with van der Waals surface area (Å²) in [6, 6.07) is 18.1. The van der Waals surface area contributed by atoms with Crippen LogP contribution in [0.1, 0.15) is 47.1 Å². The predicted molar refractivity (Wildman–Crippen MR) is 127 cm³/mol. The van der Waals surface area contributed by atoms with Crippen molar-refractivity contribution in [1.82, 2.24) is 20.1 Å². The van der Waals surface area contributed by atoms with Gasteiger partial charge in [-0.15, -0.1) is 0 Å². The maximum atomic E-state index is 13.3. The second kappa shape index (κ2) is 9.43. The van der Waals surface area contributed by atoms with Gasteiger partial charge in [-0.25, -0.2) is 4.98 Å². The molecular formula is C26H22N6O2. The number of nitrogens with zero attached hydrogens (tertiary/aromatic N) is 5. The predicted octanol–water partition coefficient (Wildman–Crippen LogP) is 4.60. The largest absolute Gasteiger partial charge is 0.478 e. The van der Waals surface area contributed by atoms with Crippen LogP contribution in [0.15, 0.2) is 54.7 Å². The number of benzene rings is 2. The second-order valence-corrected chi connectivity index (χ2v) is 7.74. The highest BCUT2D eigenvalue weighted by Crippen LogP contribution is 2.31. The minimum Gasteiger partial charge on any atom is -0.478 e. The highest BCUT2D eigenvalue weighted by atomic mass is 16.5. The van der Waals surface area contributed by atoms with Crippen LogP contribution < -0.4 is 4.74 Å². The summed E-state index contributed by atoms with van der Waals surface area (Å²) in [5.74, 6) is 0.0571. The number of hydrogen-bond acceptors (Lipinski definition) is 6. The lowest BCUT2D eigenvalue weighted by Crippen LogP contribution is -2.30. The fourth-order valence-electron chi connectivity index (χ4n) is 3.85. The Morgan fingerprint density at radius 2 is 2.00 bits per heavy atom. The van der Waals surface area contributed by atoms with Crippen LogP contribution in [0.4, 0.5) is 0 Å². The second-order valence-electron chi connectivity index (χ2n) is 7.74. The van der Waals surface area contributed by atoms with Crippen LogP contribution in [-0.2, 0) is 0 Å². The maximum absolute atomic E-state index is 13.3. The molecule has 8 nitrogen and oxygen atoms in total. The van der Waals surface area contributed by atoms with Crippen LogP contribution in [0.3, 0.4) is 0 Å². The fourth-order valence-corrected chi connectivity index (χ4v) is 3.85. The van der Waals surface area contributed by atoms with Gasteiger partial charge in [0.05, 0.1) is 47.6 Å². The molecule has 0 fully saturated rings. The zero-order chi connectivity index (χ0) is 24.2. The number of hydrogen-bond donors (Lipinski definition) is 1. The van der Waals surface area contributed by atoms with Crippen LogP contribution in [0.5, 0.6) is 5.88 Å². The molecule has 0 aliphatic rings. The SMILES string of the molecule is CCOc1nc(C(=O)N(C)[C@@H](C)c2ccc(C#N)c3cn[nH]c23)ccc1-c1cccc(C#N)c1. The first-order valence-electron chi connectivity index (χ1n) is 10.8. The van der Waals surface area contributed by atoms with Gasteiger partial charge in [0.15, 0.2) is 0 Å². The lowest BCUT2D eigenvalue weighted by molar-refractivity contribution is 0.0736. The molecule has 4 aromatic rings. The minimum atomic E-state index is -0.312. The van der Waals surface area contributed by atoms with E-state index in [-0.39, 0.29) is 17.6 Å². The average molecular weight is 451 g/mol. The van der Waals surface area contributed by atoms with E-state index < -0.39 is 0 Å². The first-order valence-corrected chi connectivity index (χ1v) is 10.8. The van der Waals surface area contributed by atoms with Crippen molar-refractivity contribution in [2.45, 2.75) is 19.9 Å². The third-order valence-corrected chi connectivity index (χ3v) is 5.78. The highest BCUT2D eigenvalue weighted by Gasteiger charge is 2.24. The summed E-state index contributed by atoms with van der Waals surface area (Å²) in [5, 5.41) is 26.3. The molecule has 0 saturated carbocycles. The van der Waals surface area contributed by atoms with Gasteiger partial charge < -0.3 is 9.64 Å². The Balaban J connectivity index is 1.67. The molecule has 8 heteroatoms. The first kappa shape index (κ1) is 22.5. The van der Waals surface area contributed by atoms with Crippen LogP contribution in [0.25, 0.3) is 22.0 Å². The fraction of sp³-hybridized carbons (Fsp3) is 0.192. The number of amides is 1. The molecule has 0 unspecified atom stereocenters. The summed E-state index contributed by atoms with van der Waals surface area (Å²) in [7, 11) is 1.71. The number of aromatic amines is 1. The van der Waals surface area contributed by atoms with Crippen molar-refractivity contribution in [2.75, 3.05) is 13.7 Å². The number of ether oxygens (including phenoxy) is 1. The monoisotopic (exact) mass is 450 g/mol. The number of carbonyl (C=O) groups is 1. The molecule has 1 amide bonds. The normalized spacial score (nSPS) is 11.4. The van der Waals surface area contributed by atoms with Crippen LogP contribution in [-0.4, -0.2) is 39.6 Å². The molecule has 1 N–H and O–H groups in total. The van der Waals surface area contributed by atoms with Gasteiger partial charge in [-0.1, -0.05) is 18.2 Å². The lowest BCUT2D eigenvalue weighted by Gasteiger charge is -2.26. The molecule has 168 valence electrons. The number of aromatic nitrogens is 3. The summed E-state index contributed by atoms with van der Waals surface area (Å²) < 4.78 is 5.74. The maximum Gasteiger partial charge on any atom is 0.272 e. The molecule has 0 spiro atoms. The van der Waals surface area contributed by atoms with Crippen molar-refractivity contribution < 1.29 is 9.53 Å². The summed E-state index contributed by atoms with van der Waals surface area (Å²) in [5.41, 5.74) is 4.35. The number of nitrogens with one attached hydrogen (secondary N) is 1. The highest BCUT2D eigenvalue weighted by molar-refractivity contribution is 5.94. The van der Waals surface area contributed by atoms with Crippen LogP contribution >= 0.6 is 0 Å². The van der Waals surface area contributed by atoms with Gasteiger partial charge in [-0.3, -0.25) is 9.89 Å². The number of fused-ring (bicyclic) bond motifs is 1. The van der Waals surface area contributed by atoms with Crippen LogP contribution in [0.2, 0.25) is 0 Å². The Bertz CT molecular complexity index is 1460. The van der Waals surface area contributed by atoms with Crippen molar-refractivity contribution in [3.05, 3.63) is 77.1 Å². The Labute approximate surface area is 197 Å². The average Bonchev–Trinajstić information content (AvgIpc) is 3.37. The molecule has 2 aromatic carbocycles. The molecule has 0 aliphatic heterocycles. The Kier molecular flexibility index (Phi) is 6.24. The van der Waals surface area contributed by atoms with Crippen molar-refractivity contribution in [3.63, 3.8) is 0 Å². The molecule has 34 heavy (non-hydrogen) atoms. The van der Waals surface area contributed by atoms with Gasteiger partial charge in [0.1, 0.15) is 5.69 Å². The molecule has 0 bridgehead atoms. The van der Waals surface area contributed by atoms with Crippen molar-refractivity contribution in [2.24, 2.45) is 0 Å². The Morgan fingerprint density at radius 1 is 1.18 bits per heavy atom. The van der Waals surface area contributed by atoms with E-state index >= 15 is 0 Å². The van der Waals surface area contributed by atoms with Gasteiger partial charge in [-0.2, -0.15) is 15.6 Å². The molecule has 0 aliphatic carbocycles. The van der Waals surface area contributed by atoms with Crippen molar-refractivity contribution in [3.8, 4) is 29.1 Å².